The van der Waals surface area contributed by atoms with Gasteiger partial charge in [-0.1, -0.05) is 44.2 Å². The van der Waals surface area contributed by atoms with Gasteiger partial charge in [-0.15, -0.1) is 0 Å². The largest absolute Gasteiger partial charge is 0.369 e. The van der Waals surface area contributed by atoms with Gasteiger partial charge in [-0.05, 0) is 48.6 Å². The summed E-state index contributed by atoms with van der Waals surface area (Å²) >= 11 is 0. The van der Waals surface area contributed by atoms with Crippen LogP contribution < -0.4 is 10.0 Å². The molecule has 1 aliphatic rings. The van der Waals surface area contributed by atoms with Crippen molar-refractivity contribution in [2.75, 3.05) is 4.31 Å². The van der Waals surface area contributed by atoms with E-state index in [4.69, 9.17) is 5.73 Å². The number of amides is 1. The van der Waals surface area contributed by atoms with Crippen LogP contribution >= 0.6 is 0 Å². The number of carbonyl (C=O) groups excluding carboxylic acids is 1. The Morgan fingerprint density at radius 2 is 1.73 bits per heavy atom. The molecule has 0 saturated carbocycles. The second kappa shape index (κ2) is 6.76. The number of anilines is 1. The maximum Gasteiger partial charge on any atom is 0.264 e. The van der Waals surface area contributed by atoms with E-state index < -0.39 is 21.8 Å². The van der Waals surface area contributed by atoms with Crippen molar-refractivity contribution in [3.8, 4) is 0 Å². The van der Waals surface area contributed by atoms with Crippen LogP contribution in [0.4, 0.5) is 5.69 Å². The number of nitrogens with two attached hydrogens (primary N) is 1. The van der Waals surface area contributed by atoms with E-state index in [0.29, 0.717) is 23.6 Å². The lowest BCUT2D eigenvalue weighted by atomic mass is 9.87. The fourth-order valence-electron chi connectivity index (χ4n) is 3.56. The van der Waals surface area contributed by atoms with E-state index in [-0.39, 0.29) is 10.9 Å². The predicted molar refractivity (Wildman–Crippen MR) is 103 cm³/mol. The summed E-state index contributed by atoms with van der Waals surface area (Å²) < 4.78 is 28.1. The maximum atomic E-state index is 13.3. The summed E-state index contributed by atoms with van der Waals surface area (Å²) in [7, 11) is -3.73. The van der Waals surface area contributed by atoms with Crippen LogP contribution in [0.1, 0.15) is 50.2 Å². The van der Waals surface area contributed by atoms with Crippen molar-refractivity contribution in [1.29, 1.82) is 0 Å². The van der Waals surface area contributed by atoms with Gasteiger partial charge in [0.2, 0.25) is 5.91 Å². The Labute approximate surface area is 154 Å². The smallest absolute Gasteiger partial charge is 0.264 e. The van der Waals surface area contributed by atoms with Crippen LogP contribution in [-0.2, 0) is 14.8 Å². The lowest BCUT2D eigenvalue weighted by Crippen LogP contribution is -2.45. The molecule has 0 bridgehead atoms. The SMILES string of the molecule is CC(C)c1ccc(S(=O)(=O)N2c3ccccc3[C@@H](C(N)=O)C[C@H]2C)cc1. The Balaban J connectivity index is 2.09. The van der Waals surface area contributed by atoms with Crippen LogP contribution in [0.3, 0.4) is 0 Å². The molecule has 0 spiro atoms. The maximum absolute atomic E-state index is 13.3. The molecule has 1 aliphatic heterocycles. The van der Waals surface area contributed by atoms with E-state index >= 15 is 0 Å². The molecule has 2 N–H and O–H groups in total. The Bertz CT molecular complexity index is 920. The molecule has 6 heteroatoms. The van der Waals surface area contributed by atoms with Crippen molar-refractivity contribution in [2.24, 2.45) is 5.73 Å². The van der Waals surface area contributed by atoms with Crippen LogP contribution in [-0.4, -0.2) is 20.4 Å². The first kappa shape index (κ1) is 18.5. The Hall–Kier alpha value is -2.34. The monoisotopic (exact) mass is 372 g/mol. The van der Waals surface area contributed by atoms with E-state index in [9.17, 15) is 13.2 Å². The molecule has 26 heavy (non-hydrogen) atoms. The van der Waals surface area contributed by atoms with Crippen molar-refractivity contribution in [3.63, 3.8) is 0 Å². The molecule has 0 fully saturated rings. The number of sulfonamides is 1. The second-order valence-electron chi connectivity index (χ2n) is 7.12. The zero-order valence-electron chi connectivity index (χ0n) is 15.2. The number of rotatable bonds is 4. The summed E-state index contributed by atoms with van der Waals surface area (Å²) in [5.41, 5.74) is 7.83. The molecule has 0 saturated heterocycles. The van der Waals surface area contributed by atoms with Crippen LogP contribution in [0.5, 0.6) is 0 Å². The number of carbonyl (C=O) groups is 1. The molecular formula is C20H24N2O3S. The predicted octanol–water partition coefficient (Wildman–Crippen LogP) is 3.37. The zero-order chi connectivity index (χ0) is 19.1. The number of nitrogens with zero attached hydrogens (tertiary/aromatic N) is 1. The van der Waals surface area contributed by atoms with Gasteiger partial charge in [0.25, 0.3) is 10.0 Å². The van der Waals surface area contributed by atoms with Gasteiger partial charge in [0.05, 0.1) is 16.5 Å². The summed E-state index contributed by atoms with van der Waals surface area (Å²) in [5.74, 6) is -0.573. The fourth-order valence-corrected chi connectivity index (χ4v) is 5.25. The van der Waals surface area contributed by atoms with Gasteiger partial charge in [0, 0.05) is 6.04 Å². The molecule has 1 amide bonds. The first-order valence-electron chi connectivity index (χ1n) is 8.76. The van der Waals surface area contributed by atoms with E-state index in [1.807, 2.05) is 19.1 Å². The van der Waals surface area contributed by atoms with Crippen molar-refractivity contribution in [1.82, 2.24) is 0 Å². The molecule has 2 aromatic carbocycles. The van der Waals surface area contributed by atoms with Crippen LogP contribution in [0, 0.1) is 0 Å². The Kier molecular flexibility index (Phi) is 4.80. The molecule has 138 valence electrons. The van der Waals surface area contributed by atoms with E-state index in [2.05, 4.69) is 13.8 Å². The van der Waals surface area contributed by atoms with Crippen LogP contribution in [0.25, 0.3) is 0 Å². The van der Waals surface area contributed by atoms with E-state index in [1.165, 1.54) is 4.31 Å². The summed E-state index contributed by atoms with van der Waals surface area (Å²) in [6, 6.07) is 13.7. The summed E-state index contributed by atoms with van der Waals surface area (Å²) in [6.45, 7) is 5.94. The highest BCUT2D eigenvalue weighted by Crippen LogP contribution is 2.41. The number of fused-ring (bicyclic) bond motifs is 1. The van der Waals surface area contributed by atoms with Crippen LogP contribution in [0.2, 0.25) is 0 Å². The highest BCUT2D eigenvalue weighted by molar-refractivity contribution is 7.92. The molecule has 0 aliphatic carbocycles. The summed E-state index contributed by atoms with van der Waals surface area (Å²) in [6.07, 6.45) is 0.371. The lowest BCUT2D eigenvalue weighted by Gasteiger charge is -2.38. The molecular weight excluding hydrogens is 348 g/mol. The number of hydrogen-bond acceptors (Lipinski definition) is 3. The summed E-state index contributed by atoms with van der Waals surface area (Å²) in [5, 5.41) is 0. The third-order valence-corrected chi connectivity index (χ3v) is 6.92. The molecule has 3 rings (SSSR count). The molecule has 2 aromatic rings. The number of primary amides is 1. The second-order valence-corrected chi connectivity index (χ2v) is 8.94. The van der Waals surface area contributed by atoms with Gasteiger partial charge < -0.3 is 5.73 Å². The van der Waals surface area contributed by atoms with Crippen molar-refractivity contribution < 1.29 is 13.2 Å². The average Bonchev–Trinajstić information content (AvgIpc) is 2.60. The van der Waals surface area contributed by atoms with Crippen molar-refractivity contribution in [3.05, 3.63) is 59.7 Å². The van der Waals surface area contributed by atoms with Crippen LogP contribution in [0.15, 0.2) is 53.4 Å². The first-order chi connectivity index (χ1) is 12.2. The molecule has 0 unspecified atom stereocenters. The van der Waals surface area contributed by atoms with Gasteiger partial charge in [0.15, 0.2) is 0 Å². The minimum absolute atomic E-state index is 0.251. The third-order valence-electron chi connectivity index (χ3n) is 4.97. The van der Waals surface area contributed by atoms with Crippen molar-refractivity contribution in [2.45, 2.75) is 50.0 Å². The molecule has 0 aromatic heterocycles. The fraction of sp³-hybridized carbons (Fsp3) is 0.350. The molecule has 1 heterocycles. The lowest BCUT2D eigenvalue weighted by molar-refractivity contribution is -0.119. The normalized spacial score (nSPS) is 20.1. The number of para-hydroxylation sites is 1. The zero-order valence-corrected chi connectivity index (χ0v) is 16.0. The third kappa shape index (κ3) is 3.09. The van der Waals surface area contributed by atoms with E-state index in [0.717, 1.165) is 5.56 Å². The topological polar surface area (TPSA) is 80.5 Å². The highest BCUT2D eigenvalue weighted by Gasteiger charge is 2.39. The van der Waals surface area contributed by atoms with E-state index in [1.54, 1.807) is 36.4 Å². The molecule has 0 radical (unpaired) electrons. The molecule has 5 nitrogen and oxygen atoms in total. The number of hydrogen-bond donors (Lipinski definition) is 1. The number of benzene rings is 2. The minimum Gasteiger partial charge on any atom is -0.369 e. The Morgan fingerprint density at radius 1 is 1.12 bits per heavy atom. The van der Waals surface area contributed by atoms with Crippen molar-refractivity contribution >= 4 is 21.6 Å². The standard InChI is InChI=1S/C20H24N2O3S/c1-13(2)15-8-10-16(11-9-15)26(24,25)22-14(3)12-18(20(21)23)17-6-4-5-7-19(17)22/h4-11,13-14,18H,12H2,1-3H3,(H2,21,23)/t14-,18+/m1/s1. The van der Waals surface area contributed by atoms with Gasteiger partial charge in [-0.3, -0.25) is 9.10 Å². The highest BCUT2D eigenvalue weighted by atomic mass is 32.2. The minimum atomic E-state index is -3.73. The summed E-state index contributed by atoms with van der Waals surface area (Å²) in [4.78, 5) is 12.1. The van der Waals surface area contributed by atoms with Gasteiger partial charge >= 0.3 is 0 Å². The van der Waals surface area contributed by atoms with Gasteiger partial charge in [-0.25, -0.2) is 8.42 Å². The first-order valence-corrected chi connectivity index (χ1v) is 10.2. The van der Waals surface area contributed by atoms with Gasteiger partial charge in [-0.2, -0.15) is 0 Å². The van der Waals surface area contributed by atoms with Gasteiger partial charge in [0.1, 0.15) is 0 Å². The Morgan fingerprint density at radius 3 is 2.31 bits per heavy atom. The average molecular weight is 372 g/mol. The molecule has 2 atom stereocenters. The quantitative estimate of drug-likeness (QED) is 0.893.